The molecule has 0 radical (unpaired) electrons. The van der Waals surface area contributed by atoms with E-state index in [0.717, 1.165) is 38.1 Å². The van der Waals surface area contributed by atoms with Crippen molar-refractivity contribution in [3.05, 3.63) is 42.2 Å². The zero-order chi connectivity index (χ0) is 17.7. The quantitative estimate of drug-likeness (QED) is 0.584. The lowest BCUT2D eigenvalue weighted by Gasteiger charge is -2.37. The average molecular weight is 385 g/mol. The van der Waals surface area contributed by atoms with Crippen molar-refractivity contribution in [3.63, 3.8) is 0 Å². The van der Waals surface area contributed by atoms with Crippen LogP contribution in [0.4, 0.5) is 15.2 Å². The van der Waals surface area contributed by atoms with Crippen LogP contribution in [0, 0.1) is 11.7 Å². The van der Waals surface area contributed by atoms with Gasteiger partial charge in [-0.3, -0.25) is 4.79 Å². The number of halogens is 1. The van der Waals surface area contributed by atoms with Gasteiger partial charge in [0, 0.05) is 13.1 Å². The van der Waals surface area contributed by atoms with Gasteiger partial charge in [-0.25, -0.2) is 9.37 Å². The lowest BCUT2D eigenvalue weighted by Crippen LogP contribution is -2.52. The molecule has 1 aliphatic rings. The standard InChI is InChI=1S/C17H12FN5OS2/c18-10-4-5-11-14(6-10)25-17(20-11)23-7-9(8-23)16(24)19-12-2-1-3-13-15(12)22-26-21-13/h1-6,9H,7-8H2,(H,19,24). The molecule has 0 atom stereocenters. The van der Waals surface area contributed by atoms with Crippen LogP contribution in [0.1, 0.15) is 0 Å². The van der Waals surface area contributed by atoms with E-state index in [1.807, 2.05) is 23.1 Å². The highest BCUT2D eigenvalue weighted by atomic mass is 32.1. The van der Waals surface area contributed by atoms with Crippen molar-refractivity contribution in [1.29, 1.82) is 0 Å². The average Bonchev–Trinajstić information content (AvgIpc) is 3.20. The van der Waals surface area contributed by atoms with Crippen LogP contribution in [-0.4, -0.2) is 32.7 Å². The van der Waals surface area contributed by atoms with E-state index in [9.17, 15) is 9.18 Å². The number of hydrogen-bond donors (Lipinski definition) is 1. The molecule has 1 N–H and O–H groups in total. The van der Waals surface area contributed by atoms with Crippen molar-refractivity contribution in [2.45, 2.75) is 0 Å². The maximum atomic E-state index is 13.3. The number of carbonyl (C=O) groups is 1. The maximum absolute atomic E-state index is 13.3. The topological polar surface area (TPSA) is 71.0 Å². The SMILES string of the molecule is O=C(Nc1cccc2nsnc12)C1CN(c2nc3ccc(F)cc3s2)C1. The van der Waals surface area contributed by atoms with Crippen LogP contribution in [0.25, 0.3) is 21.3 Å². The molecule has 1 fully saturated rings. The first-order chi connectivity index (χ1) is 12.7. The van der Waals surface area contributed by atoms with Gasteiger partial charge in [-0.2, -0.15) is 8.75 Å². The third-order valence-corrected chi connectivity index (χ3v) is 6.03. The Kier molecular flexibility index (Phi) is 3.57. The predicted octanol–water partition coefficient (Wildman–Crippen LogP) is 3.52. The zero-order valence-electron chi connectivity index (χ0n) is 13.3. The third-order valence-electron chi connectivity index (χ3n) is 4.41. The Morgan fingerprint density at radius 2 is 2.08 bits per heavy atom. The number of fused-ring (bicyclic) bond motifs is 2. The van der Waals surface area contributed by atoms with Crippen molar-refractivity contribution in [3.8, 4) is 0 Å². The molecule has 4 aromatic rings. The molecule has 9 heteroatoms. The molecular weight excluding hydrogens is 373 g/mol. The van der Waals surface area contributed by atoms with Crippen molar-refractivity contribution in [2.75, 3.05) is 23.3 Å². The van der Waals surface area contributed by atoms with Crippen LogP contribution in [0.2, 0.25) is 0 Å². The summed E-state index contributed by atoms with van der Waals surface area (Å²) in [6.45, 7) is 1.19. The summed E-state index contributed by atoms with van der Waals surface area (Å²) in [5, 5.41) is 3.77. The molecule has 2 aromatic carbocycles. The number of amides is 1. The molecule has 5 rings (SSSR count). The molecule has 130 valence electrons. The molecule has 6 nitrogen and oxygen atoms in total. The minimum atomic E-state index is -0.265. The van der Waals surface area contributed by atoms with E-state index >= 15 is 0 Å². The molecule has 26 heavy (non-hydrogen) atoms. The van der Waals surface area contributed by atoms with Gasteiger partial charge in [-0.1, -0.05) is 17.4 Å². The fraction of sp³-hybridized carbons (Fsp3) is 0.176. The van der Waals surface area contributed by atoms with Crippen LogP contribution < -0.4 is 10.2 Å². The predicted molar refractivity (Wildman–Crippen MR) is 101 cm³/mol. The summed E-state index contributed by atoms with van der Waals surface area (Å²) >= 11 is 2.57. The Bertz CT molecular complexity index is 1130. The highest BCUT2D eigenvalue weighted by Gasteiger charge is 2.34. The van der Waals surface area contributed by atoms with Gasteiger partial charge >= 0.3 is 0 Å². The molecule has 1 amide bonds. The van der Waals surface area contributed by atoms with Gasteiger partial charge in [0.2, 0.25) is 5.91 Å². The third kappa shape index (κ3) is 2.60. The maximum Gasteiger partial charge on any atom is 0.231 e. The Balaban J connectivity index is 1.28. The first-order valence-electron chi connectivity index (χ1n) is 8.00. The van der Waals surface area contributed by atoms with Gasteiger partial charge in [-0.15, -0.1) is 0 Å². The number of benzene rings is 2. The summed E-state index contributed by atoms with van der Waals surface area (Å²) in [6.07, 6.45) is 0. The first kappa shape index (κ1) is 15.6. The summed E-state index contributed by atoms with van der Waals surface area (Å²) < 4.78 is 22.5. The Hall–Kier alpha value is -2.65. The number of carbonyl (C=O) groups excluding carboxylic acids is 1. The summed E-state index contributed by atoms with van der Waals surface area (Å²) in [5.74, 6) is -0.409. The number of rotatable bonds is 3. The summed E-state index contributed by atoms with van der Waals surface area (Å²) in [4.78, 5) is 19.1. The Morgan fingerprint density at radius 3 is 2.96 bits per heavy atom. The van der Waals surface area contributed by atoms with Crippen molar-refractivity contribution < 1.29 is 9.18 Å². The lowest BCUT2D eigenvalue weighted by molar-refractivity contribution is -0.120. The van der Waals surface area contributed by atoms with E-state index in [-0.39, 0.29) is 17.6 Å². The number of aromatic nitrogens is 3. The van der Waals surface area contributed by atoms with Crippen LogP contribution in [0.5, 0.6) is 0 Å². The summed E-state index contributed by atoms with van der Waals surface area (Å²) in [6, 6.07) is 10.1. The minimum Gasteiger partial charge on any atom is -0.346 e. The Morgan fingerprint density at radius 1 is 1.19 bits per heavy atom. The molecule has 0 unspecified atom stereocenters. The highest BCUT2D eigenvalue weighted by molar-refractivity contribution is 7.22. The molecule has 0 spiro atoms. The molecule has 0 saturated carbocycles. The van der Waals surface area contributed by atoms with E-state index < -0.39 is 0 Å². The normalized spacial score (nSPS) is 14.7. The second-order valence-electron chi connectivity index (χ2n) is 6.14. The molecule has 1 saturated heterocycles. The van der Waals surface area contributed by atoms with Gasteiger partial charge in [0.25, 0.3) is 0 Å². The van der Waals surface area contributed by atoms with E-state index in [1.54, 1.807) is 6.07 Å². The van der Waals surface area contributed by atoms with E-state index in [1.165, 1.54) is 23.5 Å². The van der Waals surface area contributed by atoms with E-state index in [4.69, 9.17) is 0 Å². The van der Waals surface area contributed by atoms with Crippen LogP contribution in [0.15, 0.2) is 36.4 Å². The van der Waals surface area contributed by atoms with E-state index in [2.05, 4.69) is 19.0 Å². The number of thiazole rings is 1. The van der Waals surface area contributed by atoms with Crippen LogP contribution >= 0.6 is 23.1 Å². The van der Waals surface area contributed by atoms with Gasteiger partial charge in [0.1, 0.15) is 16.9 Å². The zero-order valence-corrected chi connectivity index (χ0v) is 15.0. The molecular formula is C17H12FN5OS2. The fourth-order valence-corrected chi connectivity index (χ4v) is 4.52. The second-order valence-corrected chi connectivity index (χ2v) is 7.67. The van der Waals surface area contributed by atoms with E-state index in [0.29, 0.717) is 18.8 Å². The van der Waals surface area contributed by atoms with Crippen molar-refractivity contribution in [1.82, 2.24) is 13.7 Å². The second kappa shape index (κ2) is 5.96. The smallest absolute Gasteiger partial charge is 0.231 e. The van der Waals surface area contributed by atoms with Gasteiger partial charge in [0.05, 0.1) is 33.6 Å². The molecule has 2 aromatic heterocycles. The number of hydrogen-bond acceptors (Lipinski definition) is 7. The minimum absolute atomic E-state index is 0.0334. The van der Waals surface area contributed by atoms with Crippen molar-refractivity contribution >= 4 is 61.0 Å². The number of nitrogens with zero attached hydrogens (tertiary/aromatic N) is 4. The first-order valence-corrected chi connectivity index (χ1v) is 9.55. The largest absolute Gasteiger partial charge is 0.346 e. The van der Waals surface area contributed by atoms with Crippen LogP contribution in [-0.2, 0) is 4.79 Å². The van der Waals surface area contributed by atoms with Gasteiger partial charge in [-0.05, 0) is 30.3 Å². The molecule has 1 aliphatic heterocycles. The molecule has 3 heterocycles. The summed E-state index contributed by atoms with van der Waals surface area (Å²) in [5.41, 5.74) is 2.97. The fourth-order valence-electron chi connectivity index (χ4n) is 2.96. The Labute approximate surface area is 155 Å². The van der Waals surface area contributed by atoms with Crippen molar-refractivity contribution in [2.24, 2.45) is 5.92 Å². The van der Waals surface area contributed by atoms with Crippen LogP contribution in [0.3, 0.4) is 0 Å². The van der Waals surface area contributed by atoms with Gasteiger partial charge < -0.3 is 10.2 Å². The lowest BCUT2D eigenvalue weighted by atomic mass is 10.00. The summed E-state index contributed by atoms with van der Waals surface area (Å²) in [7, 11) is 0. The molecule has 0 aliphatic carbocycles. The number of nitrogens with one attached hydrogen (secondary N) is 1. The van der Waals surface area contributed by atoms with Gasteiger partial charge in [0.15, 0.2) is 5.13 Å². The number of anilines is 2. The monoisotopic (exact) mass is 385 g/mol. The highest BCUT2D eigenvalue weighted by Crippen LogP contribution is 2.33. The molecule has 0 bridgehead atoms.